The van der Waals surface area contributed by atoms with E-state index < -0.39 is 0 Å². The fourth-order valence-electron chi connectivity index (χ4n) is 5.40. The number of hydrogen-bond acceptors (Lipinski definition) is 12. The Labute approximate surface area is 308 Å². The molecule has 12 heteroatoms. The summed E-state index contributed by atoms with van der Waals surface area (Å²) in [6.45, 7) is 5.77. The second-order valence-corrected chi connectivity index (χ2v) is 12.8. The van der Waals surface area contributed by atoms with Crippen molar-refractivity contribution in [3.8, 4) is 50.8 Å². The third-order valence-electron chi connectivity index (χ3n) is 8.11. The summed E-state index contributed by atoms with van der Waals surface area (Å²) < 4.78 is 40.7. The van der Waals surface area contributed by atoms with E-state index in [-0.39, 0.29) is 18.1 Å². The number of aromatic nitrogens is 1. The van der Waals surface area contributed by atoms with Crippen LogP contribution in [0.4, 0.5) is 0 Å². The van der Waals surface area contributed by atoms with Crippen molar-refractivity contribution in [2.75, 3.05) is 55.2 Å². The van der Waals surface area contributed by atoms with E-state index in [9.17, 15) is 4.79 Å². The minimum Gasteiger partial charge on any atom is -0.493 e. The molecule has 1 aromatic heterocycles. The molecule has 5 rings (SSSR count). The van der Waals surface area contributed by atoms with Crippen LogP contribution in [-0.4, -0.2) is 78.3 Å². The molecule has 1 heterocycles. The fourth-order valence-corrected chi connectivity index (χ4v) is 6.36. The summed E-state index contributed by atoms with van der Waals surface area (Å²) in [6.07, 6.45) is 2.88. The van der Waals surface area contributed by atoms with Crippen molar-refractivity contribution in [2.24, 2.45) is 0 Å². The third kappa shape index (κ3) is 9.52. The number of para-hydroxylation sites is 1. The van der Waals surface area contributed by atoms with Gasteiger partial charge in [0, 0.05) is 30.3 Å². The molecular weight excluding hydrogens is 683 g/mol. The molecule has 0 amide bonds. The lowest BCUT2D eigenvalue weighted by Gasteiger charge is -2.20. The first-order chi connectivity index (χ1) is 25.3. The van der Waals surface area contributed by atoms with Crippen LogP contribution in [0.15, 0.2) is 78.9 Å². The van der Waals surface area contributed by atoms with Crippen LogP contribution in [0.1, 0.15) is 29.8 Å². The van der Waals surface area contributed by atoms with Crippen LogP contribution >= 0.6 is 11.3 Å². The summed E-state index contributed by atoms with van der Waals surface area (Å²) in [4.78, 5) is 17.8. The van der Waals surface area contributed by atoms with Gasteiger partial charge in [-0.05, 0) is 80.1 Å². The highest BCUT2D eigenvalue weighted by molar-refractivity contribution is 7.21. The second-order valence-electron chi connectivity index (χ2n) is 11.8. The van der Waals surface area contributed by atoms with Crippen LogP contribution in [0, 0.1) is 0 Å². The molecule has 0 aliphatic rings. The molecule has 0 saturated heterocycles. The summed E-state index contributed by atoms with van der Waals surface area (Å²) in [5.41, 5.74) is 3.13. The zero-order valence-corrected chi connectivity index (χ0v) is 31.3. The average Bonchev–Trinajstić information content (AvgIpc) is 3.61. The number of carbonyl (C=O) groups excluding carboxylic acids is 1. The highest BCUT2D eigenvalue weighted by Crippen LogP contribution is 2.39. The maximum Gasteiger partial charge on any atom is 0.203 e. The molecule has 0 spiro atoms. The van der Waals surface area contributed by atoms with Crippen LogP contribution in [0.2, 0.25) is 0 Å². The summed E-state index contributed by atoms with van der Waals surface area (Å²) >= 11 is 1.65. The molecule has 0 saturated carbocycles. The number of nitrogens with one attached hydrogen (secondary N) is 2. The van der Waals surface area contributed by atoms with Crippen molar-refractivity contribution in [1.82, 2.24) is 15.6 Å². The van der Waals surface area contributed by atoms with Gasteiger partial charge in [-0.3, -0.25) is 10.1 Å². The number of rotatable bonds is 19. The van der Waals surface area contributed by atoms with E-state index in [1.54, 1.807) is 49.8 Å². The first-order valence-corrected chi connectivity index (χ1v) is 17.6. The molecule has 4 aromatic carbocycles. The molecule has 274 valence electrons. The van der Waals surface area contributed by atoms with Gasteiger partial charge in [0.25, 0.3) is 0 Å². The van der Waals surface area contributed by atoms with Crippen molar-refractivity contribution in [1.29, 1.82) is 0 Å². The maximum absolute atomic E-state index is 13.0. The number of ether oxygens (including phenoxy) is 7. The summed E-state index contributed by atoms with van der Waals surface area (Å²) in [6, 6.07) is 22.8. The number of allylic oxidation sites excluding steroid dienone is 1. The number of nitrogens with zero attached hydrogens (tertiary/aromatic N) is 1. The van der Waals surface area contributed by atoms with Gasteiger partial charge >= 0.3 is 0 Å². The molecule has 0 aliphatic carbocycles. The third-order valence-corrected chi connectivity index (χ3v) is 9.20. The van der Waals surface area contributed by atoms with E-state index in [4.69, 9.17) is 38.1 Å². The Bertz CT molecular complexity index is 1940. The number of hydrogen-bond donors (Lipinski definition) is 2. The Morgan fingerprint density at radius 1 is 0.750 bits per heavy atom. The van der Waals surface area contributed by atoms with E-state index >= 15 is 0 Å². The molecule has 0 radical (unpaired) electrons. The van der Waals surface area contributed by atoms with Crippen molar-refractivity contribution in [3.63, 3.8) is 0 Å². The van der Waals surface area contributed by atoms with Crippen molar-refractivity contribution < 1.29 is 38.0 Å². The highest BCUT2D eigenvalue weighted by Gasteiger charge is 2.17. The lowest BCUT2D eigenvalue weighted by molar-refractivity contribution is 0.104. The Hall–Kier alpha value is -5.30. The van der Waals surface area contributed by atoms with Crippen LogP contribution in [0.3, 0.4) is 0 Å². The normalized spacial score (nSPS) is 12.4. The molecule has 11 nitrogen and oxygen atoms in total. The van der Waals surface area contributed by atoms with Gasteiger partial charge in [-0.2, -0.15) is 0 Å². The molecule has 2 N–H and O–H groups in total. The standard InChI is InChI=1S/C40H45N3O8S/c1-25(24-50-34-21-28(14-17-32(34)45-3)40-43-30-10-8-9-11-38(30)52-40)41-18-19-42-26(2)51-35-20-27(13-16-33(35)46-4)12-15-31(44)29-22-36(47-5)39(49-7)37(23-29)48-6/h8-17,20-23,25-26,41-42H,18-19,24H2,1-7H3. The summed E-state index contributed by atoms with van der Waals surface area (Å²) in [5.74, 6) is 3.47. The lowest BCUT2D eigenvalue weighted by atomic mass is 10.1. The van der Waals surface area contributed by atoms with Gasteiger partial charge in [0.15, 0.2) is 40.3 Å². The number of fused-ring (bicyclic) bond motifs is 1. The summed E-state index contributed by atoms with van der Waals surface area (Å²) in [7, 11) is 7.76. The van der Waals surface area contributed by atoms with Gasteiger partial charge in [0.2, 0.25) is 5.75 Å². The fraction of sp³-hybridized carbons (Fsp3) is 0.300. The molecule has 2 atom stereocenters. The summed E-state index contributed by atoms with van der Waals surface area (Å²) in [5, 5.41) is 7.80. The Morgan fingerprint density at radius 2 is 1.42 bits per heavy atom. The van der Waals surface area contributed by atoms with Gasteiger partial charge in [0.05, 0.1) is 45.8 Å². The van der Waals surface area contributed by atoms with Gasteiger partial charge in [-0.25, -0.2) is 4.98 Å². The number of methoxy groups -OCH3 is 5. The first-order valence-electron chi connectivity index (χ1n) is 16.8. The molecular formula is C40H45N3O8S. The minimum absolute atomic E-state index is 0.0696. The van der Waals surface area contributed by atoms with E-state index in [2.05, 4.69) is 23.6 Å². The van der Waals surface area contributed by atoms with E-state index in [1.807, 2.05) is 55.5 Å². The largest absolute Gasteiger partial charge is 0.493 e. The Morgan fingerprint density at radius 3 is 2.12 bits per heavy atom. The van der Waals surface area contributed by atoms with Crippen molar-refractivity contribution >= 4 is 33.4 Å². The van der Waals surface area contributed by atoms with E-state index in [0.717, 1.165) is 26.4 Å². The Balaban J connectivity index is 1.11. The molecule has 0 aliphatic heterocycles. The zero-order valence-electron chi connectivity index (χ0n) is 30.5. The highest BCUT2D eigenvalue weighted by atomic mass is 32.1. The van der Waals surface area contributed by atoms with Crippen LogP contribution in [-0.2, 0) is 0 Å². The predicted octanol–water partition coefficient (Wildman–Crippen LogP) is 7.27. The monoisotopic (exact) mass is 727 g/mol. The maximum atomic E-state index is 13.0. The van der Waals surface area contributed by atoms with Crippen LogP contribution in [0.25, 0.3) is 26.9 Å². The quantitative estimate of drug-likeness (QED) is 0.0387. The number of benzene rings is 4. The second kappa shape index (κ2) is 18.3. The van der Waals surface area contributed by atoms with Crippen LogP contribution in [0.5, 0.6) is 40.2 Å². The van der Waals surface area contributed by atoms with Gasteiger partial charge < -0.3 is 38.5 Å². The minimum atomic E-state index is -0.322. The van der Waals surface area contributed by atoms with Crippen molar-refractivity contribution in [2.45, 2.75) is 26.1 Å². The zero-order chi connectivity index (χ0) is 37.0. The van der Waals surface area contributed by atoms with Gasteiger partial charge in [0.1, 0.15) is 17.8 Å². The topological polar surface area (TPSA) is 119 Å². The van der Waals surface area contributed by atoms with E-state index in [1.165, 1.54) is 27.4 Å². The molecule has 5 aromatic rings. The first kappa shape index (κ1) is 37.9. The lowest BCUT2D eigenvalue weighted by Crippen LogP contribution is -2.40. The molecule has 0 fully saturated rings. The SMILES string of the molecule is COc1ccc(-c2nc3ccccc3s2)cc1OCC(C)NCCNC(C)Oc1cc(C=CC(=O)c2cc(OC)c(OC)c(OC)c2)ccc1OC. The average molecular weight is 728 g/mol. The number of carbonyl (C=O) groups is 1. The molecule has 2 unspecified atom stereocenters. The Kier molecular flexibility index (Phi) is 13.3. The predicted molar refractivity (Wildman–Crippen MR) is 205 cm³/mol. The van der Waals surface area contributed by atoms with Crippen LogP contribution < -0.4 is 43.8 Å². The molecule has 52 heavy (non-hydrogen) atoms. The number of thiazole rings is 1. The van der Waals surface area contributed by atoms with Crippen molar-refractivity contribution in [3.05, 3.63) is 90.0 Å². The van der Waals surface area contributed by atoms with E-state index in [0.29, 0.717) is 65.5 Å². The van der Waals surface area contributed by atoms with Gasteiger partial charge in [-0.1, -0.05) is 24.3 Å². The molecule has 0 bridgehead atoms. The van der Waals surface area contributed by atoms with Gasteiger partial charge in [-0.15, -0.1) is 11.3 Å². The smallest absolute Gasteiger partial charge is 0.203 e. The number of ketones is 1.